The SMILES string of the molecule is COc1ccc([C@@H]2CC2(C)CNCCCC[C@H](NC(=O)c2ccc(F)cc2)C(=O)N2CCCCC2)cc1. The van der Waals surface area contributed by atoms with E-state index in [2.05, 4.69) is 29.7 Å². The molecule has 1 unspecified atom stereocenters. The van der Waals surface area contributed by atoms with Crippen LogP contribution >= 0.6 is 0 Å². The predicted octanol–water partition coefficient (Wildman–Crippen LogP) is 4.90. The Hall–Kier alpha value is -2.93. The highest BCUT2D eigenvalue weighted by molar-refractivity contribution is 5.97. The molecule has 1 saturated carbocycles. The number of nitrogens with one attached hydrogen (secondary N) is 2. The van der Waals surface area contributed by atoms with Crippen molar-refractivity contribution in [1.82, 2.24) is 15.5 Å². The van der Waals surface area contributed by atoms with E-state index in [1.54, 1.807) is 7.11 Å². The number of carbonyl (C=O) groups is 2. The summed E-state index contributed by atoms with van der Waals surface area (Å²) in [5.74, 6) is 0.727. The molecule has 2 aliphatic rings. The molecule has 1 saturated heterocycles. The second-order valence-corrected chi connectivity index (χ2v) is 10.8. The summed E-state index contributed by atoms with van der Waals surface area (Å²) in [6.45, 7) is 5.66. The number of benzene rings is 2. The van der Waals surface area contributed by atoms with Gasteiger partial charge in [-0.25, -0.2) is 4.39 Å². The molecule has 3 atom stereocenters. The van der Waals surface area contributed by atoms with Crippen molar-refractivity contribution >= 4 is 11.8 Å². The third-order valence-electron chi connectivity index (χ3n) is 7.87. The molecule has 37 heavy (non-hydrogen) atoms. The number of ether oxygens (including phenoxy) is 1. The van der Waals surface area contributed by atoms with Gasteiger partial charge in [0.05, 0.1) is 7.11 Å². The fraction of sp³-hybridized carbons (Fsp3) is 0.533. The Morgan fingerprint density at radius 3 is 2.43 bits per heavy atom. The Labute approximate surface area is 220 Å². The number of halogens is 1. The van der Waals surface area contributed by atoms with Crippen LogP contribution in [-0.2, 0) is 4.79 Å². The van der Waals surface area contributed by atoms with Crippen LogP contribution in [0.1, 0.15) is 73.7 Å². The molecule has 2 aromatic carbocycles. The van der Waals surface area contributed by atoms with Gasteiger partial charge in [0.2, 0.25) is 5.91 Å². The van der Waals surface area contributed by atoms with E-state index in [0.29, 0.717) is 17.9 Å². The molecular weight excluding hydrogens is 469 g/mol. The van der Waals surface area contributed by atoms with Gasteiger partial charge < -0.3 is 20.3 Å². The largest absolute Gasteiger partial charge is 0.497 e. The zero-order valence-corrected chi connectivity index (χ0v) is 22.1. The third-order valence-corrected chi connectivity index (χ3v) is 7.87. The number of nitrogens with zero attached hydrogens (tertiary/aromatic N) is 1. The summed E-state index contributed by atoms with van der Waals surface area (Å²) in [7, 11) is 1.69. The van der Waals surface area contributed by atoms with Crippen molar-refractivity contribution in [2.45, 2.75) is 63.8 Å². The zero-order chi connectivity index (χ0) is 26.3. The van der Waals surface area contributed by atoms with Gasteiger partial charge in [0, 0.05) is 25.2 Å². The maximum absolute atomic E-state index is 13.3. The number of methoxy groups -OCH3 is 1. The molecule has 0 aromatic heterocycles. The normalized spacial score (nSPS) is 21.8. The van der Waals surface area contributed by atoms with Gasteiger partial charge in [-0.1, -0.05) is 19.1 Å². The summed E-state index contributed by atoms with van der Waals surface area (Å²) < 4.78 is 18.5. The summed E-state index contributed by atoms with van der Waals surface area (Å²) in [5.41, 5.74) is 1.99. The minimum atomic E-state index is -0.559. The van der Waals surface area contributed by atoms with Gasteiger partial charge in [-0.2, -0.15) is 0 Å². The minimum absolute atomic E-state index is 0.00375. The molecule has 1 aliphatic carbocycles. The fourth-order valence-electron chi connectivity index (χ4n) is 5.37. The first-order valence-corrected chi connectivity index (χ1v) is 13.6. The molecule has 0 bridgehead atoms. The molecule has 2 fully saturated rings. The van der Waals surface area contributed by atoms with E-state index in [4.69, 9.17) is 4.74 Å². The molecule has 2 N–H and O–H groups in total. The smallest absolute Gasteiger partial charge is 0.251 e. The molecule has 1 aliphatic heterocycles. The van der Waals surface area contributed by atoms with Crippen LogP contribution in [0.4, 0.5) is 4.39 Å². The van der Waals surface area contributed by atoms with Crippen molar-refractivity contribution in [2.24, 2.45) is 5.41 Å². The first kappa shape index (κ1) is 27.1. The Morgan fingerprint density at radius 2 is 1.76 bits per heavy atom. The maximum atomic E-state index is 13.3. The molecule has 2 amide bonds. The number of carbonyl (C=O) groups excluding carboxylic acids is 2. The number of likely N-dealkylation sites (tertiary alicyclic amines) is 1. The van der Waals surface area contributed by atoms with Crippen LogP contribution in [0.3, 0.4) is 0 Å². The highest BCUT2D eigenvalue weighted by Gasteiger charge is 2.50. The molecule has 2 aromatic rings. The minimum Gasteiger partial charge on any atom is -0.497 e. The zero-order valence-electron chi connectivity index (χ0n) is 22.1. The molecule has 4 rings (SSSR count). The van der Waals surface area contributed by atoms with Crippen LogP contribution in [0.2, 0.25) is 0 Å². The van der Waals surface area contributed by atoms with E-state index in [-0.39, 0.29) is 23.0 Å². The van der Waals surface area contributed by atoms with E-state index in [0.717, 1.165) is 64.0 Å². The van der Waals surface area contributed by atoms with Gasteiger partial charge in [0.25, 0.3) is 5.91 Å². The van der Waals surface area contributed by atoms with Crippen molar-refractivity contribution in [3.8, 4) is 5.75 Å². The molecule has 6 nitrogen and oxygen atoms in total. The Bertz CT molecular complexity index is 1040. The number of piperidine rings is 1. The van der Waals surface area contributed by atoms with Crippen molar-refractivity contribution in [3.05, 3.63) is 65.5 Å². The second kappa shape index (κ2) is 12.5. The number of hydrogen-bond acceptors (Lipinski definition) is 4. The summed E-state index contributed by atoms with van der Waals surface area (Å²) in [5, 5.41) is 6.53. The highest BCUT2D eigenvalue weighted by Crippen LogP contribution is 2.58. The number of hydrogen-bond donors (Lipinski definition) is 2. The van der Waals surface area contributed by atoms with E-state index in [1.165, 1.54) is 36.2 Å². The molecule has 200 valence electrons. The van der Waals surface area contributed by atoms with Crippen LogP contribution in [-0.4, -0.2) is 56.0 Å². The van der Waals surface area contributed by atoms with Gasteiger partial charge in [-0.3, -0.25) is 9.59 Å². The summed E-state index contributed by atoms with van der Waals surface area (Å²) in [6, 6.07) is 13.3. The lowest BCUT2D eigenvalue weighted by atomic mass is 10.0. The molecule has 7 heteroatoms. The lowest BCUT2D eigenvalue weighted by Gasteiger charge is -2.31. The average Bonchev–Trinajstić information content (AvgIpc) is 3.61. The topological polar surface area (TPSA) is 70.7 Å². The Morgan fingerprint density at radius 1 is 1.05 bits per heavy atom. The van der Waals surface area contributed by atoms with E-state index in [9.17, 15) is 14.0 Å². The van der Waals surface area contributed by atoms with E-state index < -0.39 is 6.04 Å². The monoisotopic (exact) mass is 509 g/mol. The summed E-state index contributed by atoms with van der Waals surface area (Å²) >= 11 is 0. The van der Waals surface area contributed by atoms with Crippen LogP contribution in [0.5, 0.6) is 5.75 Å². The van der Waals surface area contributed by atoms with Gasteiger partial charge in [0.1, 0.15) is 17.6 Å². The molecular formula is C30H40FN3O3. The molecule has 0 spiro atoms. The first-order chi connectivity index (χ1) is 17.9. The van der Waals surface area contributed by atoms with Gasteiger partial charge in [-0.15, -0.1) is 0 Å². The van der Waals surface area contributed by atoms with Gasteiger partial charge in [0.15, 0.2) is 0 Å². The van der Waals surface area contributed by atoms with Crippen molar-refractivity contribution in [1.29, 1.82) is 0 Å². The van der Waals surface area contributed by atoms with Crippen molar-refractivity contribution < 1.29 is 18.7 Å². The molecule has 0 radical (unpaired) electrons. The van der Waals surface area contributed by atoms with Crippen LogP contribution in [0, 0.1) is 11.2 Å². The van der Waals surface area contributed by atoms with Crippen LogP contribution < -0.4 is 15.4 Å². The quantitative estimate of drug-likeness (QED) is 0.400. The van der Waals surface area contributed by atoms with Crippen LogP contribution in [0.15, 0.2) is 48.5 Å². The highest BCUT2D eigenvalue weighted by atomic mass is 19.1. The average molecular weight is 510 g/mol. The van der Waals surface area contributed by atoms with Crippen molar-refractivity contribution in [3.63, 3.8) is 0 Å². The summed E-state index contributed by atoms with van der Waals surface area (Å²) in [4.78, 5) is 27.9. The summed E-state index contributed by atoms with van der Waals surface area (Å²) in [6.07, 6.45) is 6.68. The third kappa shape index (κ3) is 7.31. The fourth-order valence-corrected chi connectivity index (χ4v) is 5.37. The lowest BCUT2D eigenvalue weighted by molar-refractivity contribution is -0.134. The predicted molar refractivity (Wildman–Crippen MR) is 143 cm³/mol. The van der Waals surface area contributed by atoms with Crippen LogP contribution in [0.25, 0.3) is 0 Å². The first-order valence-electron chi connectivity index (χ1n) is 13.6. The van der Waals surface area contributed by atoms with Crippen molar-refractivity contribution in [2.75, 3.05) is 33.3 Å². The second-order valence-electron chi connectivity index (χ2n) is 10.8. The Kier molecular flexibility index (Phi) is 9.19. The number of rotatable bonds is 12. The van der Waals surface area contributed by atoms with Gasteiger partial charge >= 0.3 is 0 Å². The molecule has 1 heterocycles. The number of amides is 2. The number of unbranched alkanes of at least 4 members (excludes halogenated alkanes) is 1. The van der Waals surface area contributed by atoms with E-state index >= 15 is 0 Å². The standard InChI is InChI=1S/C30H40FN3O3/c1-30(20-26(30)22-11-15-25(37-2)16-12-22)21-32-17-5-4-8-27(29(36)34-18-6-3-7-19-34)33-28(35)23-9-13-24(31)14-10-23/h9-16,26-27,32H,3-8,17-21H2,1-2H3,(H,33,35)/t26-,27-,30?/m0/s1. The lowest BCUT2D eigenvalue weighted by Crippen LogP contribution is -2.50. The maximum Gasteiger partial charge on any atom is 0.251 e. The van der Waals surface area contributed by atoms with Gasteiger partial charge in [-0.05, 0) is 105 Å². The van der Waals surface area contributed by atoms with E-state index in [1.807, 2.05) is 17.0 Å². The Balaban J connectivity index is 1.23.